The fourth-order valence-corrected chi connectivity index (χ4v) is 1.41. The quantitative estimate of drug-likeness (QED) is 0.622. The van der Waals surface area contributed by atoms with Crippen molar-refractivity contribution in [3.63, 3.8) is 0 Å². The second kappa shape index (κ2) is 7.19. The zero-order valence-electron chi connectivity index (χ0n) is 10.9. The average molecular weight is 260 g/mol. The predicted molar refractivity (Wildman–Crippen MR) is 72.3 cm³/mol. The first-order valence-corrected chi connectivity index (χ1v) is 5.77. The van der Waals surface area contributed by atoms with Gasteiger partial charge in [0.2, 0.25) is 5.91 Å². The van der Waals surface area contributed by atoms with Crippen LogP contribution < -0.4 is 10.1 Å². The third-order valence-electron chi connectivity index (χ3n) is 2.34. The summed E-state index contributed by atoms with van der Waals surface area (Å²) in [5.41, 5.74) is 0.605. The highest BCUT2D eigenvalue weighted by Crippen LogP contribution is 2.20. The van der Waals surface area contributed by atoms with Gasteiger partial charge in [-0.25, -0.2) is 4.85 Å². The molecule has 0 bridgehead atoms. The van der Waals surface area contributed by atoms with Gasteiger partial charge in [0, 0.05) is 12.1 Å². The Balaban J connectivity index is 2.93. The van der Waals surface area contributed by atoms with E-state index in [1.165, 1.54) is 13.2 Å². The first-order chi connectivity index (χ1) is 9.08. The maximum absolute atomic E-state index is 11.7. The lowest BCUT2D eigenvalue weighted by molar-refractivity contribution is -0.117. The maximum atomic E-state index is 11.7. The highest BCUT2D eigenvalue weighted by molar-refractivity contribution is 5.99. The molecule has 5 heteroatoms. The van der Waals surface area contributed by atoms with Crippen LogP contribution in [0.2, 0.25) is 0 Å². The number of carbonyl (C=O) groups excluding carboxylic acids is 1. The zero-order valence-corrected chi connectivity index (χ0v) is 10.9. The Labute approximate surface area is 112 Å². The molecule has 2 N–H and O–H groups in total. The van der Waals surface area contributed by atoms with Crippen molar-refractivity contribution in [2.75, 3.05) is 13.7 Å². The van der Waals surface area contributed by atoms with E-state index < -0.39 is 12.0 Å². The van der Waals surface area contributed by atoms with Crippen molar-refractivity contribution in [1.29, 1.82) is 0 Å². The van der Waals surface area contributed by atoms with E-state index in [9.17, 15) is 4.79 Å². The number of nitrogens with zero attached hydrogens (tertiary/aromatic N) is 1. The second-order valence-electron chi connectivity index (χ2n) is 3.94. The number of rotatable bonds is 5. The van der Waals surface area contributed by atoms with Crippen LogP contribution in [0.3, 0.4) is 0 Å². The number of benzene rings is 1. The van der Waals surface area contributed by atoms with Crippen molar-refractivity contribution in [1.82, 2.24) is 5.32 Å². The van der Waals surface area contributed by atoms with E-state index in [0.29, 0.717) is 11.3 Å². The lowest BCUT2D eigenvalue weighted by atomic mass is 10.1. The lowest BCUT2D eigenvalue weighted by Gasteiger charge is -2.07. The molecule has 1 rings (SSSR count). The molecule has 0 saturated carbocycles. The molecular formula is C14H16N2O3. The number of ether oxygens (including phenoxy) is 1. The first kappa shape index (κ1) is 14.7. The largest absolute Gasteiger partial charge is 0.496 e. The van der Waals surface area contributed by atoms with Crippen molar-refractivity contribution in [3.05, 3.63) is 46.9 Å². The summed E-state index contributed by atoms with van der Waals surface area (Å²) in [6.07, 6.45) is 0.811. The van der Waals surface area contributed by atoms with Crippen LogP contribution in [0.1, 0.15) is 12.5 Å². The first-order valence-electron chi connectivity index (χ1n) is 5.77. The molecule has 5 nitrogen and oxygen atoms in total. The molecule has 0 spiro atoms. The van der Waals surface area contributed by atoms with Crippen LogP contribution in [0.25, 0.3) is 10.9 Å². The number of nitrogens with one attached hydrogen (secondary N) is 1. The molecular weight excluding hydrogens is 244 g/mol. The Morgan fingerprint density at radius 1 is 1.58 bits per heavy atom. The molecule has 0 aromatic heterocycles. The van der Waals surface area contributed by atoms with Gasteiger partial charge in [0.25, 0.3) is 5.70 Å². The van der Waals surface area contributed by atoms with E-state index in [-0.39, 0.29) is 12.2 Å². The Hall–Kier alpha value is -2.32. The normalized spacial score (nSPS) is 12.4. The van der Waals surface area contributed by atoms with E-state index in [2.05, 4.69) is 10.2 Å². The third kappa shape index (κ3) is 4.45. The molecule has 0 radical (unpaired) electrons. The van der Waals surface area contributed by atoms with Gasteiger partial charge in [-0.3, -0.25) is 4.79 Å². The Kier molecular flexibility index (Phi) is 5.58. The molecule has 0 aliphatic carbocycles. The molecule has 19 heavy (non-hydrogen) atoms. The molecule has 0 fully saturated rings. The van der Waals surface area contributed by atoms with Gasteiger partial charge in [-0.15, -0.1) is 0 Å². The Bertz CT molecular complexity index is 516. The van der Waals surface area contributed by atoms with Crippen molar-refractivity contribution in [2.45, 2.75) is 13.0 Å². The third-order valence-corrected chi connectivity index (χ3v) is 2.34. The average Bonchev–Trinajstić information content (AvgIpc) is 2.42. The molecule has 0 heterocycles. The molecule has 1 aromatic carbocycles. The van der Waals surface area contributed by atoms with Gasteiger partial charge >= 0.3 is 0 Å². The minimum Gasteiger partial charge on any atom is -0.496 e. The summed E-state index contributed by atoms with van der Waals surface area (Å²) in [6.45, 7) is 8.71. The van der Waals surface area contributed by atoms with Gasteiger partial charge in [0.05, 0.1) is 19.8 Å². The minimum absolute atomic E-state index is 0.0508. The summed E-state index contributed by atoms with van der Waals surface area (Å²) in [5, 5.41) is 11.6. The van der Waals surface area contributed by atoms with Crippen molar-refractivity contribution >= 4 is 12.0 Å². The standard InChI is InChI=1S/C14H16N2O3/c1-10(17)9-16-14(18)12(15-2)8-11-6-4-5-7-13(11)19-3/h4-8,10,17H,9H2,1,3H3,(H,16,18). The molecule has 1 aromatic rings. The second-order valence-corrected chi connectivity index (χ2v) is 3.94. The summed E-state index contributed by atoms with van der Waals surface area (Å²) in [6, 6.07) is 7.11. The smallest absolute Gasteiger partial charge is 0.250 e. The topological polar surface area (TPSA) is 62.9 Å². The molecule has 0 aliphatic heterocycles. The number of methoxy groups -OCH3 is 1. The van der Waals surface area contributed by atoms with Crippen LogP contribution in [-0.4, -0.2) is 30.8 Å². The van der Waals surface area contributed by atoms with Crippen LogP contribution in [0.4, 0.5) is 0 Å². The number of aliphatic hydroxyl groups is 1. The van der Waals surface area contributed by atoms with E-state index in [0.717, 1.165) is 0 Å². The molecule has 0 saturated heterocycles. The SMILES string of the molecule is [C-]#[N+]C(=Cc1ccccc1OC)C(=O)NCC(C)O. The molecule has 100 valence electrons. The zero-order chi connectivity index (χ0) is 14.3. The van der Waals surface area contributed by atoms with Crippen LogP contribution in [0.15, 0.2) is 30.0 Å². The van der Waals surface area contributed by atoms with E-state index in [4.69, 9.17) is 16.4 Å². The highest BCUT2D eigenvalue weighted by Gasteiger charge is 2.11. The van der Waals surface area contributed by atoms with Gasteiger partial charge in [0.1, 0.15) is 5.75 Å². The number of para-hydroxylation sites is 1. The fraction of sp³-hybridized carbons (Fsp3) is 0.286. The van der Waals surface area contributed by atoms with Crippen molar-refractivity contribution in [3.8, 4) is 5.75 Å². The maximum Gasteiger partial charge on any atom is 0.250 e. The van der Waals surface area contributed by atoms with Gasteiger partial charge in [-0.2, -0.15) is 0 Å². The number of hydrogen-bond donors (Lipinski definition) is 2. The summed E-state index contributed by atoms with van der Waals surface area (Å²) < 4.78 is 5.15. The molecule has 1 unspecified atom stereocenters. The summed E-state index contributed by atoms with van der Waals surface area (Å²) in [5.74, 6) is 0.0776. The minimum atomic E-state index is -0.651. The summed E-state index contributed by atoms with van der Waals surface area (Å²) in [4.78, 5) is 14.9. The summed E-state index contributed by atoms with van der Waals surface area (Å²) >= 11 is 0. The van der Waals surface area contributed by atoms with Crippen LogP contribution in [0.5, 0.6) is 5.75 Å². The molecule has 0 aliphatic rings. The van der Waals surface area contributed by atoms with Gasteiger partial charge < -0.3 is 15.2 Å². The monoisotopic (exact) mass is 260 g/mol. The predicted octanol–water partition coefficient (Wildman–Crippen LogP) is 1.45. The molecule has 1 amide bonds. The van der Waals surface area contributed by atoms with Crippen molar-refractivity contribution < 1.29 is 14.6 Å². The Morgan fingerprint density at radius 2 is 2.26 bits per heavy atom. The molecule has 1 atom stereocenters. The van der Waals surface area contributed by atoms with Crippen molar-refractivity contribution in [2.24, 2.45) is 0 Å². The van der Waals surface area contributed by atoms with Gasteiger partial charge in [-0.1, -0.05) is 18.2 Å². The Morgan fingerprint density at radius 3 is 2.84 bits per heavy atom. The summed E-state index contributed by atoms with van der Waals surface area (Å²) in [7, 11) is 1.53. The van der Waals surface area contributed by atoms with E-state index in [1.54, 1.807) is 31.2 Å². The fourth-order valence-electron chi connectivity index (χ4n) is 1.41. The number of amides is 1. The number of carbonyl (C=O) groups is 1. The van der Waals surface area contributed by atoms with Gasteiger partial charge in [-0.05, 0) is 19.1 Å². The highest BCUT2D eigenvalue weighted by atomic mass is 16.5. The van der Waals surface area contributed by atoms with Crippen LogP contribution in [0, 0.1) is 6.57 Å². The number of aliphatic hydroxyl groups excluding tert-OH is 1. The number of hydrogen-bond acceptors (Lipinski definition) is 3. The van der Waals surface area contributed by atoms with Crippen LogP contribution >= 0.6 is 0 Å². The van der Waals surface area contributed by atoms with Gasteiger partial charge in [0.15, 0.2) is 0 Å². The van der Waals surface area contributed by atoms with Crippen LogP contribution in [-0.2, 0) is 4.79 Å². The van der Waals surface area contributed by atoms with E-state index >= 15 is 0 Å². The van der Waals surface area contributed by atoms with E-state index in [1.807, 2.05) is 0 Å². The lowest BCUT2D eigenvalue weighted by Crippen LogP contribution is -2.30.